The van der Waals surface area contributed by atoms with Crippen LogP contribution in [0.25, 0.3) is 0 Å². The maximum atomic E-state index is 12.5. The van der Waals surface area contributed by atoms with E-state index in [1.54, 1.807) is 0 Å². The van der Waals surface area contributed by atoms with E-state index in [1.165, 1.54) is 18.1 Å². The maximum absolute atomic E-state index is 12.5. The summed E-state index contributed by atoms with van der Waals surface area (Å²) < 4.78 is 43.1. The Morgan fingerprint density at radius 2 is 2.00 bits per heavy atom. The predicted molar refractivity (Wildman–Crippen MR) is 85.5 cm³/mol. The fourth-order valence-electron chi connectivity index (χ4n) is 2.09. The van der Waals surface area contributed by atoms with Crippen molar-refractivity contribution < 1.29 is 37.4 Å². The first-order valence-electron chi connectivity index (χ1n) is 7.95. The number of nitrogens with one attached hydrogen (secondary N) is 1. The van der Waals surface area contributed by atoms with E-state index in [1.807, 2.05) is 19.2 Å². The van der Waals surface area contributed by atoms with Crippen LogP contribution in [-0.2, 0) is 19.1 Å². The minimum Gasteiger partial charge on any atom is -0.394 e. The number of amides is 3. The summed E-state index contributed by atoms with van der Waals surface area (Å²) in [4.78, 5) is 34.6. The van der Waals surface area contributed by atoms with E-state index in [9.17, 15) is 32.7 Å². The van der Waals surface area contributed by atoms with Crippen LogP contribution in [0.15, 0.2) is 12.3 Å². The molecule has 1 rings (SSSR count). The normalized spacial score (nSPS) is 20.7. The Hall–Kier alpha value is -2.14. The summed E-state index contributed by atoms with van der Waals surface area (Å²) >= 11 is 0. The van der Waals surface area contributed by atoms with Gasteiger partial charge in [-0.2, -0.15) is 13.2 Å². The lowest BCUT2D eigenvalue weighted by atomic mass is 10.3. The molecule has 1 fully saturated rings. The fraction of sp³-hybridized carbons (Fsp3) is 0.667. The standard InChI is InChI=1S/C13H18F3N3O5.C2H6/c1-18(4-2-10(22)17-8-21)11-3-5-19(6-9(7-20)24-11)12(23)13(14,15)16;1-2/h2,4,8-9,11,20H,3,5-7H2,1H3,(H,17,21,22);1-2H3/b4-2-;. The zero-order chi connectivity index (χ0) is 20.3. The highest BCUT2D eigenvalue weighted by atomic mass is 19.4. The summed E-state index contributed by atoms with van der Waals surface area (Å²) in [6.45, 7) is 2.81. The number of imide groups is 1. The molecule has 8 nitrogen and oxygen atoms in total. The number of ether oxygens (including phenoxy) is 1. The molecule has 26 heavy (non-hydrogen) atoms. The van der Waals surface area contributed by atoms with Gasteiger partial charge in [-0.3, -0.25) is 19.7 Å². The lowest BCUT2D eigenvalue weighted by Gasteiger charge is -2.27. The summed E-state index contributed by atoms with van der Waals surface area (Å²) in [6, 6.07) is 0. The van der Waals surface area contributed by atoms with Gasteiger partial charge < -0.3 is 19.6 Å². The molecule has 11 heteroatoms. The molecule has 1 aliphatic heterocycles. The van der Waals surface area contributed by atoms with Crippen molar-refractivity contribution in [1.82, 2.24) is 15.1 Å². The van der Waals surface area contributed by atoms with Gasteiger partial charge in [0.25, 0.3) is 5.91 Å². The first kappa shape index (κ1) is 23.9. The number of halogens is 3. The van der Waals surface area contributed by atoms with Gasteiger partial charge in [0.15, 0.2) is 0 Å². The monoisotopic (exact) mass is 383 g/mol. The van der Waals surface area contributed by atoms with Crippen LogP contribution in [-0.4, -0.2) is 78.4 Å². The topological polar surface area (TPSA) is 99.2 Å². The van der Waals surface area contributed by atoms with Crippen molar-refractivity contribution in [3.63, 3.8) is 0 Å². The Labute approximate surface area is 149 Å². The first-order chi connectivity index (χ1) is 12.2. The van der Waals surface area contributed by atoms with E-state index in [-0.39, 0.29) is 19.4 Å². The van der Waals surface area contributed by atoms with Crippen LogP contribution in [0.1, 0.15) is 20.3 Å². The molecule has 2 N–H and O–H groups in total. The number of hydrogen-bond acceptors (Lipinski definition) is 6. The zero-order valence-electron chi connectivity index (χ0n) is 14.8. The smallest absolute Gasteiger partial charge is 0.394 e. The molecular formula is C15H24F3N3O5. The minimum atomic E-state index is -5.00. The number of aliphatic hydroxyl groups is 1. The van der Waals surface area contributed by atoms with Gasteiger partial charge in [-0.1, -0.05) is 13.8 Å². The Balaban J connectivity index is 0.00000301. The summed E-state index contributed by atoms with van der Waals surface area (Å²) in [7, 11) is 1.50. The second-order valence-corrected chi connectivity index (χ2v) is 5.04. The van der Waals surface area contributed by atoms with Gasteiger partial charge in [0.05, 0.1) is 6.61 Å². The molecule has 0 aliphatic carbocycles. The average molecular weight is 383 g/mol. The van der Waals surface area contributed by atoms with Crippen molar-refractivity contribution >= 4 is 18.2 Å². The van der Waals surface area contributed by atoms with Crippen LogP contribution >= 0.6 is 0 Å². The number of nitrogens with zero attached hydrogens (tertiary/aromatic N) is 2. The van der Waals surface area contributed by atoms with Gasteiger partial charge in [0.1, 0.15) is 12.3 Å². The number of carbonyl (C=O) groups excluding carboxylic acids is 3. The van der Waals surface area contributed by atoms with Crippen molar-refractivity contribution in [2.75, 3.05) is 26.7 Å². The molecule has 1 heterocycles. The number of alkyl halides is 3. The van der Waals surface area contributed by atoms with E-state index in [0.29, 0.717) is 4.90 Å². The molecule has 3 amide bonds. The van der Waals surface area contributed by atoms with Crippen LogP contribution in [0, 0.1) is 0 Å². The van der Waals surface area contributed by atoms with Gasteiger partial charge in [0.2, 0.25) is 6.41 Å². The Bertz CT molecular complexity index is 499. The largest absolute Gasteiger partial charge is 0.471 e. The SMILES string of the molecule is CC.CN(/C=C\C(=O)NC=O)C1CCN(C(=O)C(F)(F)F)CC(CO)O1. The third-order valence-corrected chi connectivity index (χ3v) is 3.27. The third-order valence-electron chi connectivity index (χ3n) is 3.27. The molecular weight excluding hydrogens is 359 g/mol. The molecule has 0 bridgehead atoms. The van der Waals surface area contributed by atoms with Gasteiger partial charge in [-0.05, 0) is 0 Å². The Morgan fingerprint density at radius 3 is 2.50 bits per heavy atom. The molecule has 0 saturated carbocycles. The van der Waals surface area contributed by atoms with Crippen molar-refractivity contribution in [1.29, 1.82) is 0 Å². The van der Waals surface area contributed by atoms with Crippen LogP contribution in [0.4, 0.5) is 13.2 Å². The highest BCUT2D eigenvalue weighted by Crippen LogP contribution is 2.22. The molecule has 1 aliphatic rings. The van der Waals surface area contributed by atoms with E-state index in [0.717, 1.165) is 6.08 Å². The summed E-state index contributed by atoms with van der Waals surface area (Å²) in [5, 5.41) is 11.1. The van der Waals surface area contributed by atoms with Gasteiger partial charge in [0, 0.05) is 38.8 Å². The lowest BCUT2D eigenvalue weighted by molar-refractivity contribution is -0.186. The summed E-state index contributed by atoms with van der Waals surface area (Å²) in [6.07, 6.45) is -4.20. The summed E-state index contributed by atoms with van der Waals surface area (Å²) in [5.41, 5.74) is 0. The minimum absolute atomic E-state index is 0.0362. The third kappa shape index (κ3) is 7.83. The van der Waals surface area contributed by atoms with Gasteiger partial charge >= 0.3 is 12.1 Å². The first-order valence-corrected chi connectivity index (χ1v) is 7.95. The zero-order valence-corrected chi connectivity index (χ0v) is 14.8. The highest BCUT2D eigenvalue weighted by Gasteiger charge is 2.44. The van der Waals surface area contributed by atoms with E-state index in [4.69, 9.17) is 4.74 Å². The molecule has 0 aromatic carbocycles. The number of carbonyl (C=O) groups is 3. The van der Waals surface area contributed by atoms with Crippen LogP contribution in [0.3, 0.4) is 0 Å². The molecule has 150 valence electrons. The van der Waals surface area contributed by atoms with Crippen molar-refractivity contribution in [2.24, 2.45) is 0 Å². The Morgan fingerprint density at radius 1 is 1.38 bits per heavy atom. The quantitative estimate of drug-likeness (QED) is 0.521. The van der Waals surface area contributed by atoms with E-state index < -0.39 is 43.5 Å². The molecule has 2 unspecified atom stereocenters. The number of rotatable bonds is 5. The second kappa shape index (κ2) is 11.5. The maximum Gasteiger partial charge on any atom is 0.471 e. The predicted octanol–water partition coefficient (Wildman–Crippen LogP) is 0.229. The van der Waals surface area contributed by atoms with Crippen molar-refractivity contribution in [3.05, 3.63) is 12.3 Å². The van der Waals surface area contributed by atoms with Crippen LogP contribution in [0.2, 0.25) is 0 Å². The molecule has 0 aromatic rings. The lowest BCUT2D eigenvalue weighted by Crippen LogP contribution is -2.45. The molecule has 0 spiro atoms. The van der Waals surface area contributed by atoms with E-state index >= 15 is 0 Å². The molecule has 0 aromatic heterocycles. The molecule has 2 atom stereocenters. The number of aliphatic hydroxyl groups excluding tert-OH is 1. The van der Waals surface area contributed by atoms with Crippen molar-refractivity contribution in [2.45, 2.75) is 38.8 Å². The number of hydrogen-bond donors (Lipinski definition) is 2. The molecule has 1 saturated heterocycles. The van der Waals surface area contributed by atoms with Crippen LogP contribution in [0.5, 0.6) is 0 Å². The van der Waals surface area contributed by atoms with Crippen LogP contribution < -0.4 is 5.32 Å². The fourth-order valence-corrected chi connectivity index (χ4v) is 2.09. The second-order valence-electron chi connectivity index (χ2n) is 5.04. The highest BCUT2D eigenvalue weighted by molar-refractivity contribution is 5.94. The van der Waals surface area contributed by atoms with Gasteiger partial charge in [-0.15, -0.1) is 0 Å². The van der Waals surface area contributed by atoms with Gasteiger partial charge in [-0.25, -0.2) is 0 Å². The van der Waals surface area contributed by atoms with E-state index in [2.05, 4.69) is 0 Å². The van der Waals surface area contributed by atoms with Crippen molar-refractivity contribution in [3.8, 4) is 0 Å². The molecule has 0 radical (unpaired) electrons. The Kier molecular flexibility index (Phi) is 10.5. The average Bonchev–Trinajstić information content (AvgIpc) is 2.83. The summed E-state index contributed by atoms with van der Waals surface area (Å²) in [5.74, 6) is -2.67.